The number of carbonyl (C=O) groups excluding carboxylic acids is 1. The first-order valence-electron chi connectivity index (χ1n) is 11.8. The Balaban J connectivity index is 1.50. The molecule has 0 aliphatic carbocycles. The Hall–Kier alpha value is -3.36. The average Bonchev–Trinajstić information content (AvgIpc) is 3.28. The molecule has 0 saturated heterocycles. The van der Waals surface area contributed by atoms with Gasteiger partial charge in [-0.15, -0.1) is 0 Å². The minimum absolute atomic E-state index is 0.118. The van der Waals surface area contributed by atoms with Gasteiger partial charge in [0.2, 0.25) is 0 Å². The molecule has 194 valence electrons. The molecule has 1 amide bonds. The Kier molecular flexibility index (Phi) is 8.51. The van der Waals surface area contributed by atoms with Crippen LogP contribution < -0.4 is 14.8 Å². The number of nitrogens with zero attached hydrogens (tertiary/aromatic N) is 2. The molecule has 1 aliphatic rings. The maximum atomic E-state index is 13.7. The standard InChI is InChI=1S/C27H26Cl2FN3O4/c1-3-4-10-35-23-9-8-18(26(34)32-25-20(28)14-31-15-21(25)29)12-24(23)36-16-27(2)13-22(33-37-27)17-6-5-7-19(30)11-17/h5-9,11-12,14-15H,3-4,10,13,16H2,1-2H3,(H,31,32,34). The highest BCUT2D eigenvalue weighted by Crippen LogP contribution is 2.34. The molecule has 37 heavy (non-hydrogen) atoms. The van der Waals surface area contributed by atoms with Crippen LogP contribution in [0.2, 0.25) is 10.0 Å². The molecule has 3 aromatic rings. The number of halogens is 3. The molecule has 4 rings (SSSR count). The first-order valence-corrected chi connectivity index (χ1v) is 12.5. The van der Waals surface area contributed by atoms with Crippen LogP contribution in [-0.4, -0.2) is 35.4 Å². The van der Waals surface area contributed by atoms with E-state index in [9.17, 15) is 9.18 Å². The monoisotopic (exact) mass is 545 g/mol. The molecule has 1 atom stereocenters. The minimum atomic E-state index is -0.793. The number of hydrogen-bond acceptors (Lipinski definition) is 6. The summed E-state index contributed by atoms with van der Waals surface area (Å²) < 4.78 is 25.7. The van der Waals surface area contributed by atoms with E-state index in [4.69, 9.17) is 37.5 Å². The summed E-state index contributed by atoms with van der Waals surface area (Å²) in [5, 5.41) is 7.30. The molecule has 1 unspecified atom stereocenters. The largest absolute Gasteiger partial charge is 0.490 e. The van der Waals surface area contributed by atoms with Gasteiger partial charge in [-0.25, -0.2) is 4.39 Å². The zero-order chi connectivity index (χ0) is 26.4. The first-order chi connectivity index (χ1) is 17.8. The second kappa shape index (κ2) is 11.8. The van der Waals surface area contributed by atoms with Crippen LogP contribution in [0.3, 0.4) is 0 Å². The van der Waals surface area contributed by atoms with Gasteiger partial charge >= 0.3 is 0 Å². The molecule has 0 radical (unpaired) electrons. The Labute approximate surface area is 224 Å². The van der Waals surface area contributed by atoms with Gasteiger partial charge < -0.3 is 19.6 Å². The molecule has 0 saturated carbocycles. The normalized spacial score (nSPS) is 16.6. The maximum Gasteiger partial charge on any atom is 0.255 e. The van der Waals surface area contributed by atoms with Crippen molar-refractivity contribution < 1.29 is 23.5 Å². The molecule has 7 nitrogen and oxygen atoms in total. The van der Waals surface area contributed by atoms with E-state index in [1.807, 2.05) is 6.92 Å². The summed E-state index contributed by atoms with van der Waals surface area (Å²) in [5.41, 5.74) is 1.07. The number of amides is 1. The average molecular weight is 546 g/mol. The third-order valence-electron chi connectivity index (χ3n) is 5.66. The Morgan fingerprint density at radius 3 is 2.65 bits per heavy atom. The molecule has 1 aliphatic heterocycles. The van der Waals surface area contributed by atoms with Crippen LogP contribution in [0.5, 0.6) is 11.5 Å². The van der Waals surface area contributed by atoms with Gasteiger partial charge in [-0.3, -0.25) is 9.78 Å². The molecule has 0 bridgehead atoms. The van der Waals surface area contributed by atoms with Crippen LogP contribution in [0.1, 0.15) is 49.0 Å². The summed E-state index contributed by atoms with van der Waals surface area (Å²) >= 11 is 12.3. The molecular weight excluding hydrogens is 520 g/mol. The van der Waals surface area contributed by atoms with Crippen molar-refractivity contribution in [3.8, 4) is 11.5 Å². The van der Waals surface area contributed by atoms with E-state index in [1.165, 1.54) is 24.5 Å². The predicted octanol–water partition coefficient (Wildman–Crippen LogP) is 6.92. The number of aromatic nitrogens is 1. The lowest BCUT2D eigenvalue weighted by molar-refractivity contribution is -0.0362. The molecule has 1 N–H and O–H groups in total. The summed E-state index contributed by atoms with van der Waals surface area (Å²) in [4.78, 5) is 22.5. The van der Waals surface area contributed by atoms with Crippen LogP contribution in [0.4, 0.5) is 10.1 Å². The third-order valence-corrected chi connectivity index (χ3v) is 6.23. The second-order valence-electron chi connectivity index (χ2n) is 8.85. The van der Waals surface area contributed by atoms with E-state index >= 15 is 0 Å². The zero-order valence-electron chi connectivity index (χ0n) is 20.4. The van der Waals surface area contributed by atoms with Crippen LogP contribution in [-0.2, 0) is 4.84 Å². The van der Waals surface area contributed by atoms with Gasteiger partial charge in [-0.2, -0.15) is 0 Å². The van der Waals surface area contributed by atoms with Crippen molar-refractivity contribution in [2.45, 2.75) is 38.7 Å². The van der Waals surface area contributed by atoms with Crippen LogP contribution >= 0.6 is 23.2 Å². The van der Waals surface area contributed by atoms with Crippen molar-refractivity contribution in [1.82, 2.24) is 4.98 Å². The van der Waals surface area contributed by atoms with Gasteiger partial charge in [0.15, 0.2) is 17.1 Å². The second-order valence-corrected chi connectivity index (χ2v) is 9.67. The number of unbranched alkanes of at least 4 members (excludes halogenated alkanes) is 1. The van der Waals surface area contributed by atoms with Crippen LogP contribution in [0.15, 0.2) is 60.0 Å². The summed E-state index contributed by atoms with van der Waals surface area (Å²) in [5.74, 6) is 0.0981. The summed E-state index contributed by atoms with van der Waals surface area (Å²) in [6.07, 6.45) is 5.04. The first kappa shape index (κ1) is 26.7. The lowest BCUT2D eigenvalue weighted by atomic mass is 9.96. The fraction of sp³-hybridized carbons (Fsp3) is 0.296. The quantitative estimate of drug-likeness (QED) is 0.279. The van der Waals surface area contributed by atoms with E-state index in [-0.39, 0.29) is 28.2 Å². The number of oxime groups is 1. The topological polar surface area (TPSA) is 82.0 Å². The van der Waals surface area contributed by atoms with E-state index in [0.717, 1.165) is 12.8 Å². The Morgan fingerprint density at radius 2 is 1.92 bits per heavy atom. The lowest BCUT2D eigenvalue weighted by Crippen LogP contribution is -2.33. The molecule has 0 spiro atoms. The van der Waals surface area contributed by atoms with Crippen molar-refractivity contribution >= 4 is 40.5 Å². The summed E-state index contributed by atoms with van der Waals surface area (Å²) in [7, 11) is 0. The zero-order valence-corrected chi connectivity index (χ0v) is 21.9. The number of ether oxygens (including phenoxy) is 2. The van der Waals surface area contributed by atoms with Crippen LogP contribution in [0.25, 0.3) is 0 Å². The summed E-state index contributed by atoms with van der Waals surface area (Å²) in [6.45, 7) is 4.54. The highest BCUT2D eigenvalue weighted by Gasteiger charge is 2.36. The van der Waals surface area contributed by atoms with Crippen molar-refractivity contribution in [2.75, 3.05) is 18.5 Å². The number of benzene rings is 2. The highest BCUT2D eigenvalue weighted by atomic mass is 35.5. The van der Waals surface area contributed by atoms with Crippen molar-refractivity contribution in [2.24, 2.45) is 5.16 Å². The molecule has 2 heterocycles. The third kappa shape index (κ3) is 6.70. The van der Waals surface area contributed by atoms with Crippen molar-refractivity contribution in [3.05, 3.63) is 81.8 Å². The maximum absolute atomic E-state index is 13.7. The van der Waals surface area contributed by atoms with E-state index in [2.05, 4.69) is 22.4 Å². The van der Waals surface area contributed by atoms with Gasteiger partial charge in [0.25, 0.3) is 5.91 Å². The number of rotatable bonds is 10. The predicted molar refractivity (Wildman–Crippen MR) is 142 cm³/mol. The van der Waals surface area contributed by atoms with E-state index in [0.29, 0.717) is 41.4 Å². The fourth-order valence-electron chi connectivity index (χ4n) is 3.64. The molecule has 10 heteroatoms. The van der Waals surface area contributed by atoms with Gasteiger partial charge in [0.1, 0.15) is 12.4 Å². The van der Waals surface area contributed by atoms with Crippen molar-refractivity contribution in [3.63, 3.8) is 0 Å². The van der Waals surface area contributed by atoms with Crippen molar-refractivity contribution in [1.29, 1.82) is 0 Å². The van der Waals surface area contributed by atoms with Gasteiger partial charge in [0.05, 0.1) is 28.1 Å². The Morgan fingerprint density at radius 1 is 1.14 bits per heavy atom. The minimum Gasteiger partial charge on any atom is -0.490 e. The highest BCUT2D eigenvalue weighted by molar-refractivity contribution is 6.39. The van der Waals surface area contributed by atoms with E-state index in [1.54, 1.807) is 30.3 Å². The van der Waals surface area contributed by atoms with E-state index < -0.39 is 11.5 Å². The number of carbonyl (C=O) groups is 1. The molecule has 0 fully saturated rings. The Bertz CT molecular complexity index is 1300. The number of nitrogens with one attached hydrogen (secondary N) is 1. The SMILES string of the molecule is CCCCOc1ccc(C(=O)Nc2c(Cl)cncc2Cl)cc1OCC1(C)CC(c2cccc(F)c2)=NO1. The fourth-order valence-corrected chi connectivity index (χ4v) is 4.10. The van der Waals surface area contributed by atoms with Gasteiger partial charge in [-0.05, 0) is 43.7 Å². The van der Waals surface area contributed by atoms with Crippen LogP contribution in [0, 0.1) is 5.82 Å². The summed E-state index contributed by atoms with van der Waals surface area (Å²) in [6, 6.07) is 11.1. The molecule has 2 aromatic carbocycles. The molecule has 1 aromatic heterocycles. The lowest BCUT2D eigenvalue weighted by Gasteiger charge is -2.23. The van der Waals surface area contributed by atoms with Gasteiger partial charge in [-0.1, -0.05) is 53.8 Å². The smallest absolute Gasteiger partial charge is 0.255 e. The number of hydrogen-bond donors (Lipinski definition) is 1. The van der Waals surface area contributed by atoms with Gasteiger partial charge in [0, 0.05) is 29.9 Å². The number of pyridine rings is 1. The molecular formula is C27H26Cl2FN3O4. The number of anilines is 1.